The van der Waals surface area contributed by atoms with E-state index in [1.54, 1.807) is 17.9 Å². The summed E-state index contributed by atoms with van der Waals surface area (Å²) < 4.78 is 21.0. The molecule has 0 aromatic carbocycles. The monoisotopic (exact) mass is 267 g/mol. The maximum absolute atomic E-state index is 14.0. The van der Waals surface area contributed by atoms with Crippen molar-refractivity contribution in [2.45, 2.75) is 18.3 Å². The molecular formula is C11H14FN5O2. The number of hydrogen-bond donors (Lipinski definition) is 2. The lowest BCUT2D eigenvalue weighted by Crippen LogP contribution is -2.27. The predicted octanol–water partition coefficient (Wildman–Crippen LogP) is 0.487. The van der Waals surface area contributed by atoms with Crippen LogP contribution in [0.3, 0.4) is 0 Å². The Balaban J connectivity index is 1.99. The van der Waals surface area contributed by atoms with Gasteiger partial charge in [-0.1, -0.05) is 0 Å². The van der Waals surface area contributed by atoms with Crippen LogP contribution in [0.5, 0.6) is 0 Å². The fourth-order valence-electron chi connectivity index (χ4n) is 2.21. The van der Waals surface area contributed by atoms with Gasteiger partial charge in [-0.3, -0.25) is 4.57 Å². The number of anilines is 1. The minimum atomic E-state index is -1.69. The first kappa shape index (κ1) is 12.2. The van der Waals surface area contributed by atoms with Crippen LogP contribution in [0.25, 0.3) is 11.2 Å². The summed E-state index contributed by atoms with van der Waals surface area (Å²) in [5.41, 5.74) is -0.513. The summed E-state index contributed by atoms with van der Waals surface area (Å²) in [6, 6.07) is 0. The molecule has 0 aliphatic carbocycles. The van der Waals surface area contributed by atoms with Crippen molar-refractivity contribution in [3.8, 4) is 0 Å². The van der Waals surface area contributed by atoms with Gasteiger partial charge < -0.3 is 15.2 Å². The Labute approximate surface area is 108 Å². The van der Waals surface area contributed by atoms with E-state index in [-0.39, 0.29) is 13.0 Å². The van der Waals surface area contributed by atoms with E-state index >= 15 is 0 Å². The molecule has 0 bridgehead atoms. The van der Waals surface area contributed by atoms with Gasteiger partial charge in [0.1, 0.15) is 18.1 Å². The fraction of sp³-hybridized carbons (Fsp3) is 0.545. The van der Waals surface area contributed by atoms with Gasteiger partial charge in [-0.2, -0.15) is 0 Å². The van der Waals surface area contributed by atoms with Gasteiger partial charge in [0.25, 0.3) is 0 Å². The van der Waals surface area contributed by atoms with Crippen LogP contribution in [-0.4, -0.2) is 50.6 Å². The van der Waals surface area contributed by atoms with Gasteiger partial charge in [0.05, 0.1) is 19.5 Å². The molecule has 102 valence electrons. The lowest BCUT2D eigenvalue weighted by Gasteiger charge is -2.14. The molecule has 1 fully saturated rings. The smallest absolute Gasteiger partial charge is 0.167 e. The number of fused-ring (bicyclic) bond motifs is 1. The van der Waals surface area contributed by atoms with E-state index in [1.165, 1.54) is 6.33 Å². The van der Waals surface area contributed by atoms with Crippen LogP contribution < -0.4 is 5.32 Å². The van der Waals surface area contributed by atoms with E-state index in [0.717, 1.165) is 0 Å². The average molecular weight is 267 g/mol. The van der Waals surface area contributed by atoms with E-state index in [4.69, 9.17) is 9.84 Å². The second-order valence-electron chi connectivity index (χ2n) is 4.58. The SMILES string of the molecule is CNc1ncnc2c1ncn2[C@@H]1C[C@@](F)(CO)CO1. The van der Waals surface area contributed by atoms with Crippen LogP contribution in [0.4, 0.5) is 10.2 Å². The highest BCUT2D eigenvalue weighted by Crippen LogP contribution is 2.35. The molecule has 1 aliphatic rings. The summed E-state index contributed by atoms with van der Waals surface area (Å²) in [5.74, 6) is 0.607. The topological polar surface area (TPSA) is 85.1 Å². The Bertz CT molecular complexity index is 604. The molecule has 1 saturated heterocycles. The molecule has 3 heterocycles. The van der Waals surface area contributed by atoms with Crippen molar-refractivity contribution in [2.75, 3.05) is 25.6 Å². The Morgan fingerprint density at radius 2 is 2.42 bits per heavy atom. The van der Waals surface area contributed by atoms with E-state index < -0.39 is 18.5 Å². The van der Waals surface area contributed by atoms with Crippen molar-refractivity contribution in [3.05, 3.63) is 12.7 Å². The Kier molecular flexibility index (Phi) is 2.83. The highest BCUT2D eigenvalue weighted by atomic mass is 19.1. The second kappa shape index (κ2) is 4.39. The average Bonchev–Trinajstić information content (AvgIpc) is 3.02. The summed E-state index contributed by atoms with van der Waals surface area (Å²) in [6.45, 7) is -0.676. The summed E-state index contributed by atoms with van der Waals surface area (Å²) in [6.07, 6.45) is 2.53. The first-order valence-electron chi connectivity index (χ1n) is 5.93. The lowest BCUT2D eigenvalue weighted by molar-refractivity contribution is 0.0302. The molecule has 2 aromatic heterocycles. The standard InChI is InChI=1S/C11H14FN5O2/c1-13-9-8-10(15-5-14-9)17(6-16-8)7-2-11(12,3-18)4-19-7/h5-7,18H,2-4H2,1H3,(H,13,14,15)/t7-,11+/m0/s1. The first-order chi connectivity index (χ1) is 9.17. The van der Waals surface area contributed by atoms with Crippen molar-refractivity contribution < 1.29 is 14.2 Å². The molecule has 7 nitrogen and oxygen atoms in total. The molecule has 0 spiro atoms. The van der Waals surface area contributed by atoms with Crippen molar-refractivity contribution in [1.82, 2.24) is 19.5 Å². The number of ether oxygens (including phenoxy) is 1. The zero-order valence-electron chi connectivity index (χ0n) is 10.4. The van der Waals surface area contributed by atoms with Crippen LogP contribution in [0, 0.1) is 0 Å². The zero-order valence-corrected chi connectivity index (χ0v) is 10.4. The Hall–Kier alpha value is -1.80. The second-order valence-corrected chi connectivity index (χ2v) is 4.58. The third-order valence-electron chi connectivity index (χ3n) is 3.26. The Morgan fingerprint density at radius 1 is 1.58 bits per heavy atom. The molecule has 1 aliphatic heterocycles. The summed E-state index contributed by atoms with van der Waals surface area (Å²) in [5, 5.41) is 11.9. The van der Waals surface area contributed by atoms with Gasteiger partial charge in [-0.25, -0.2) is 19.3 Å². The number of hydrogen-bond acceptors (Lipinski definition) is 6. The first-order valence-corrected chi connectivity index (χ1v) is 5.93. The maximum atomic E-state index is 14.0. The number of rotatable bonds is 3. The van der Waals surface area contributed by atoms with Crippen molar-refractivity contribution in [1.29, 1.82) is 0 Å². The number of imidazole rings is 1. The fourth-order valence-corrected chi connectivity index (χ4v) is 2.21. The molecule has 8 heteroatoms. The zero-order chi connectivity index (χ0) is 13.5. The molecule has 0 unspecified atom stereocenters. The van der Waals surface area contributed by atoms with Crippen LogP contribution in [0.1, 0.15) is 12.6 Å². The van der Waals surface area contributed by atoms with Crippen molar-refractivity contribution in [2.24, 2.45) is 0 Å². The van der Waals surface area contributed by atoms with Gasteiger partial charge in [-0.15, -0.1) is 0 Å². The molecule has 0 radical (unpaired) electrons. The molecule has 2 aromatic rings. The third kappa shape index (κ3) is 1.92. The number of nitrogens with one attached hydrogen (secondary N) is 1. The minimum absolute atomic E-state index is 0.0772. The number of aromatic nitrogens is 4. The van der Waals surface area contributed by atoms with Gasteiger partial charge in [-0.05, 0) is 0 Å². The highest BCUT2D eigenvalue weighted by Gasteiger charge is 2.41. The number of nitrogens with zero attached hydrogens (tertiary/aromatic N) is 4. The predicted molar refractivity (Wildman–Crippen MR) is 65.4 cm³/mol. The van der Waals surface area contributed by atoms with E-state index in [9.17, 15) is 4.39 Å². The van der Waals surface area contributed by atoms with Gasteiger partial charge in [0.2, 0.25) is 0 Å². The van der Waals surface area contributed by atoms with E-state index in [0.29, 0.717) is 17.0 Å². The Morgan fingerprint density at radius 3 is 3.11 bits per heavy atom. The molecular weight excluding hydrogens is 253 g/mol. The van der Waals surface area contributed by atoms with Crippen molar-refractivity contribution >= 4 is 17.0 Å². The number of aliphatic hydroxyl groups is 1. The number of alkyl halides is 1. The molecule has 2 atom stereocenters. The molecule has 3 rings (SSSR count). The number of halogens is 1. The van der Waals surface area contributed by atoms with E-state index in [2.05, 4.69) is 20.3 Å². The molecule has 0 amide bonds. The summed E-state index contributed by atoms with van der Waals surface area (Å²) in [4.78, 5) is 12.4. The molecule has 0 saturated carbocycles. The van der Waals surface area contributed by atoms with Crippen LogP contribution in [0.2, 0.25) is 0 Å². The third-order valence-corrected chi connectivity index (χ3v) is 3.26. The lowest BCUT2D eigenvalue weighted by atomic mass is 10.1. The van der Waals surface area contributed by atoms with Gasteiger partial charge >= 0.3 is 0 Å². The highest BCUT2D eigenvalue weighted by molar-refractivity contribution is 5.82. The summed E-state index contributed by atoms with van der Waals surface area (Å²) in [7, 11) is 1.74. The van der Waals surface area contributed by atoms with Crippen LogP contribution >= 0.6 is 0 Å². The molecule has 19 heavy (non-hydrogen) atoms. The quantitative estimate of drug-likeness (QED) is 0.841. The summed E-state index contributed by atoms with van der Waals surface area (Å²) >= 11 is 0. The molecule has 2 N–H and O–H groups in total. The van der Waals surface area contributed by atoms with Gasteiger partial charge in [0.15, 0.2) is 17.1 Å². The maximum Gasteiger partial charge on any atom is 0.167 e. The van der Waals surface area contributed by atoms with Gasteiger partial charge in [0, 0.05) is 13.5 Å². The van der Waals surface area contributed by atoms with Crippen LogP contribution in [-0.2, 0) is 4.74 Å². The van der Waals surface area contributed by atoms with E-state index in [1.807, 2.05) is 0 Å². The number of aliphatic hydroxyl groups excluding tert-OH is 1. The van der Waals surface area contributed by atoms with Crippen LogP contribution in [0.15, 0.2) is 12.7 Å². The normalized spacial score (nSPS) is 27.0. The minimum Gasteiger partial charge on any atom is -0.393 e. The van der Waals surface area contributed by atoms with Crippen molar-refractivity contribution in [3.63, 3.8) is 0 Å². The largest absolute Gasteiger partial charge is 0.393 e.